The van der Waals surface area contributed by atoms with Crippen molar-refractivity contribution in [1.82, 2.24) is 0 Å². The fourth-order valence-corrected chi connectivity index (χ4v) is 3.31. The van der Waals surface area contributed by atoms with E-state index in [0.717, 1.165) is 12.8 Å². The largest absolute Gasteiger partial charge is 0.229 e. The quantitative estimate of drug-likeness (QED) is 0.570. The zero-order valence-corrected chi connectivity index (χ0v) is 11.2. The molecule has 4 heteroatoms. The van der Waals surface area contributed by atoms with E-state index in [1.165, 1.54) is 11.8 Å². The number of allylic oxidation sites excluding steroid dienone is 2. The molecule has 1 aliphatic rings. The van der Waals surface area contributed by atoms with Crippen molar-refractivity contribution >= 4 is 21.4 Å². The molecule has 0 fully saturated rings. The summed E-state index contributed by atoms with van der Waals surface area (Å²) in [5.41, 5.74) is 1.39. The van der Waals surface area contributed by atoms with Crippen LogP contribution in [0, 0.1) is 5.41 Å². The van der Waals surface area contributed by atoms with Crippen LogP contribution in [-0.4, -0.2) is 25.8 Å². The maximum atomic E-state index is 11.1. The summed E-state index contributed by atoms with van der Waals surface area (Å²) in [6.45, 7) is 4.35. The number of rotatable bonds is 3. The van der Waals surface area contributed by atoms with E-state index >= 15 is 0 Å². The third-order valence-electron chi connectivity index (χ3n) is 2.66. The Labute approximate surface area is 97.6 Å². The van der Waals surface area contributed by atoms with Crippen LogP contribution in [0.25, 0.3) is 0 Å². The Morgan fingerprint density at radius 3 is 2.60 bits per heavy atom. The Hall–Kier alpha value is -0.0200. The fraction of sp³-hybridized carbons (Fsp3) is 0.818. The van der Waals surface area contributed by atoms with E-state index in [2.05, 4.69) is 13.8 Å². The van der Waals surface area contributed by atoms with Crippen LogP contribution in [0.5, 0.6) is 0 Å². The van der Waals surface area contributed by atoms with Gasteiger partial charge < -0.3 is 0 Å². The molecular weight excluding hydrogens is 232 g/mol. The van der Waals surface area contributed by atoms with Gasteiger partial charge in [0.15, 0.2) is 0 Å². The lowest BCUT2D eigenvalue weighted by atomic mass is 9.76. The van der Waals surface area contributed by atoms with Gasteiger partial charge in [-0.05, 0) is 24.7 Å². The Morgan fingerprint density at radius 1 is 1.53 bits per heavy atom. The van der Waals surface area contributed by atoms with Crippen LogP contribution < -0.4 is 0 Å². The Morgan fingerprint density at radius 2 is 2.13 bits per heavy atom. The van der Waals surface area contributed by atoms with Crippen LogP contribution in [0.4, 0.5) is 0 Å². The second-order valence-corrected chi connectivity index (χ2v) is 8.09. The maximum absolute atomic E-state index is 11.1. The van der Waals surface area contributed by atoms with E-state index in [4.69, 9.17) is 11.6 Å². The van der Waals surface area contributed by atoms with E-state index < -0.39 is 9.84 Å². The van der Waals surface area contributed by atoms with E-state index in [1.807, 2.05) is 6.08 Å². The Kier molecular flexibility index (Phi) is 3.88. The van der Waals surface area contributed by atoms with Crippen molar-refractivity contribution < 1.29 is 8.42 Å². The first-order valence-electron chi connectivity index (χ1n) is 5.19. The summed E-state index contributed by atoms with van der Waals surface area (Å²) >= 11 is 6.12. The average molecular weight is 251 g/mol. The topological polar surface area (TPSA) is 34.1 Å². The number of alkyl halides is 1. The summed E-state index contributed by atoms with van der Waals surface area (Å²) < 4.78 is 22.1. The molecule has 1 unspecified atom stereocenters. The van der Waals surface area contributed by atoms with Gasteiger partial charge in [-0.3, -0.25) is 0 Å². The van der Waals surface area contributed by atoms with E-state index in [1.54, 1.807) is 0 Å². The molecule has 0 saturated heterocycles. The molecular formula is C11H19ClO2S. The van der Waals surface area contributed by atoms with Gasteiger partial charge in [-0.1, -0.05) is 25.5 Å². The van der Waals surface area contributed by atoms with Crippen molar-refractivity contribution in [2.45, 2.75) is 38.5 Å². The van der Waals surface area contributed by atoms with Crippen molar-refractivity contribution in [1.29, 1.82) is 0 Å². The van der Waals surface area contributed by atoms with Crippen LogP contribution in [0.15, 0.2) is 11.6 Å². The summed E-state index contributed by atoms with van der Waals surface area (Å²) in [5.74, 6) is 0.235. The van der Waals surface area contributed by atoms with Crippen molar-refractivity contribution in [3.05, 3.63) is 11.6 Å². The Balaban J connectivity index is 2.63. The van der Waals surface area contributed by atoms with Gasteiger partial charge in [-0.25, -0.2) is 8.42 Å². The van der Waals surface area contributed by atoms with E-state index in [-0.39, 0.29) is 16.5 Å². The summed E-state index contributed by atoms with van der Waals surface area (Å²) in [6.07, 6.45) is 5.87. The van der Waals surface area contributed by atoms with Crippen LogP contribution in [0.1, 0.15) is 33.1 Å². The minimum Gasteiger partial charge on any atom is -0.229 e. The van der Waals surface area contributed by atoms with Gasteiger partial charge in [-0.2, -0.15) is 0 Å². The second-order valence-electron chi connectivity index (χ2n) is 5.27. The molecule has 0 aliphatic heterocycles. The summed E-state index contributed by atoms with van der Waals surface area (Å²) in [4.78, 5) is 0. The minimum absolute atomic E-state index is 0.0586. The summed E-state index contributed by atoms with van der Waals surface area (Å²) in [5, 5.41) is 0.0586. The molecule has 1 aliphatic carbocycles. The van der Waals surface area contributed by atoms with Crippen LogP contribution >= 0.6 is 11.6 Å². The fourth-order valence-electron chi connectivity index (χ4n) is 2.08. The van der Waals surface area contributed by atoms with Crippen molar-refractivity contribution in [3.63, 3.8) is 0 Å². The standard InChI is InChI=1S/C11H19ClO2S/c1-11(2)7-9(6-10(12)8-11)4-5-15(3,13)14/h6,10H,4-5,7-8H2,1-3H3. The molecule has 0 heterocycles. The van der Waals surface area contributed by atoms with Gasteiger partial charge in [-0.15, -0.1) is 11.6 Å². The van der Waals surface area contributed by atoms with Gasteiger partial charge >= 0.3 is 0 Å². The summed E-state index contributed by atoms with van der Waals surface area (Å²) in [7, 11) is -2.86. The molecule has 0 aromatic rings. The highest BCUT2D eigenvalue weighted by atomic mass is 35.5. The highest BCUT2D eigenvalue weighted by Crippen LogP contribution is 2.38. The van der Waals surface area contributed by atoms with Gasteiger partial charge in [0.25, 0.3) is 0 Å². The smallest absolute Gasteiger partial charge is 0.147 e. The van der Waals surface area contributed by atoms with Gasteiger partial charge in [0, 0.05) is 6.26 Å². The number of halogens is 1. The highest BCUT2D eigenvalue weighted by molar-refractivity contribution is 7.90. The van der Waals surface area contributed by atoms with Gasteiger partial charge in [0.1, 0.15) is 9.84 Å². The van der Waals surface area contributed by atoms with Crippen molar-refractivity contribution in [2.24, 2.45) is 5.41 Å². The lowest BCUT2D eigenvalue weighted by Crippen LogP contribution is -2.23. The molecule has 0 radical (unpaired) electrons. The Bertz CT molecular complexity index is 355. The maximum Gasteiger partial charge on any atom is 0.147 e. The third kappa shape index (κ3) is 5.03. The number of sulfone groups is 1. The molecule has 0 aromatic heterocycles. The molecule has 1 atom stereocenters. The van der Waals surface area contributed by atoms with Gasteiger partial charge in [0.2, 0.25) is 0 Å². The zero-order valence-electron chi connectivity index (χ0n) is 9.59. The first-order chi connectivity index (χ1) is 6.68. The molecule has 0 bridgehead atoms. The van der Waals surface area contributed by atoms with E-state index in [0.29, 0.717) is 6.42 Å². The first kappa shape index (κ1) is 13.0. The molecule has 0 spiro atoms. The SMILES string of the molecule is CC1(C)CC(CCS(C)(=O)=O)=CC(Cl)C1. The monoisotopic (exact) mass is 250 g/mol. The summed E-state index contributed by atoms with van der Waals surface area (Å²) in [6, 6.07) is 0. The van der Waals surface area contributed by atoms with Gasteiger partial charge in [0.05, 0.1) is 11.1 Å². The molecule has 0 aromatic carbocycles. The predicted octanol–water partition coefficient (Wildman–Crippen LogP) is 2.77. The lowest BCUT2D eigenvalue weighted by molar-refractivity contribution is 0.320. The molecule has 15 heavy (non-hydrogen) atoms. The van der Waals surface area contributed by atoms with Crippen LogP contribution in [0.2, 0.25) is 0 Å². The second kappa shape index (κ2) is 4.46. The van der Waals surface area contributed by atoms with Crippen molar-refractivity contribution in [2.75, 3.05) is 12.0 Å². The predicted molar refractivity (Wildman–Crippen MR) is 65.1 cm³/mol. The van der Waals surface area contributed by atoms with E-state index in [9.17, 15) is 8.42 Å². The zero-order chi connectivity index (χ0) is 11.7. The van der Waals surface area contributed by atoms with Crippen LogP contribution in [-0.2, 0) is 9.84 Å². The molecule has 0 saturated carbocycles. The highest BCUT2D eigenvalue weighted by Gasteiger charge is 2.27. The van der Waals surface area contributed by atoms with Crippen molar-refractivity contribution in [3.8, 4) is 0 Å². The molecule has 1 rings (SSSR count). The molecule has 0 amide bonds. The molecule has 0 N–H and O–H groups in total. The first-order valence-corrected chi connectivity index (χ1v) is 7.69. The lowest BCUT2D eigenvalue weighted by Gasteiger charge is -2.32. The average Bonchev–Trinajstić information content (AvgIpc) is 1.95. The molecule has 88 valence electrons. The molecule has 2 nitrogen and oxygen atoms in total. The number of hydrogen-bond donors (Lipinski definition) is 0. The number of hydrogen-bond acceptors (Lipinski definition) is 2. The minimum atomic E-state index is -2.86. The normalized spacial score (nSPS) is 26.1. The van der Waals surface area contributed by atoms with Crippen LogP contribution in [0.3, 0.4) is 0 Å². The third-order valence-corrected chi connectivity index (χ3v) is 3.89.